The summed E-state index contributed by atoms with van der Waals surface area (Å²) in [5, 5.41) is 4.73. The molecule has 0 aromatic rings. The third-order valence-electron chi connectivity index (χ3n) is 3.15. The van der Waals surface area contributed by atoms with Gasteiger partial charge in [0.1, 0.15) is 0 Å². The van der Waals surface area contributed by atoms with E-state index < -0.39 is 0 Å². The number of fused-ring (bicyclic) bond motifs is 1. The van der Waals surface area contributed by atoms with Crippen LogP contribution in [0.2, 0.25) is 0 Å². The van der Waals surface area contributed by atoms with Gasteiger partial charge in [-0.15, -0.1) is 0 Å². The maximum atomic E-state index is 3.61. The molecule has 1 nitrogen and oxygen atoms in total. The van der Waals surface area contributed by atoms with Crippen molar-refractivity contribution in [3.8, 4) is 0 Å². The van der Waals surface area contributed by atoms with E-state index in [-0.39, 0.29) is 0 Å². The Bertz CT molecular complexity index is 200. The van der Waals surface area contributed by atoms with Crippen molar-refractivity contribution < 1.29 is 0 Å². The second-order valence-corrected chi connectivity index (χ2v) is 4.67. The molecule has 3 atom stereocenters. The van der Waals surface area contributed by atoms with Gasteiger partial charge in [-0.25, -0.2) is 0 Å². The van der Waals surface area contributed by atoms with Crippen molar-refractivity contribution in [2.75, 3.05) is 5.33 Å². The molecule has 1 N–H and O–H groups in total. The van der Waals surface area contributed by atoms with Crippen LogP contribution in [0.4, 0.5) is 0 Å². The predicted molar refractivity (Wildman–Crippen MR) is 55.3 cm³/mol. The number of hydrogen-bond acceptors (Lipinski definition) is 1. The molecular weight excluding hydrogens is 214 g/mol. The molecule has 0 radical (unpaired) electrons. The summed E-state index contributed by atoms with van der Waals surface area (Å²) in [6, 6.07) is 0.751. The van der Waals surface area contributed by atoms with Gasteiger partial charge in [-0.2, -0.15) is 0 Å². The number of hydrogen-bond donors (Lipinski definition) is 1. The highest BCUT2D eigenvalue weighted by Gasteiger charge is 2.34. The van der Waals surface area contributed by atoms with Crippen molar-refractivity contribution in [1.82, 2.24) is 5.32 Å². The van der Waals surface area contributed by atoms with Crippen LogP contribution in [0.1, 0.15) is 26.2 Å². The summed E-state index contributed by atoms with van der Waals surface area (Å²) in [5.74, 6) is 1.67. The zero-order valence-electron chi connectivity index (χ0n) is 7.52. The maximum Gasteiger partial charge on any atom is 0.0324 e. The van der Waals surface area contributed by atoms with Crippen molar-refractivity contribution >= 4 is 15.9 Å². The third kappa shape index (κ3) is 1.41. The molecule has 0 bridgehead atoms. The van der Waals surface area contributed by atoms with Crippen molar-refractivity contribution in [2.24, 2.45) is 11.8 Å². The number of rotatable bonds is 1. The molecule has 0 aromatic heterocycles. The van der Waals surface area contributed by atoms with Crippen molar-refractivity contribution in [3.63, 3.8) is 0 Å². The van der Waals surface area contributed by atoms with E-state index in [2.05, 4.69) is 34.2 Å². The fraction of sp³-hybridized carbons (Fsp3) is 0.800. The smallest absolute Gasteiger partial charge is 0.0324 e. The van der Waals surface area contributed by atoms with Gasteiger partial charge in [0.15, 0.2) is 0 Å². The Labute approximate surface area is 82.7 Å². The molecule has 2 heteroatoms. The highest BCUT2D eigenvalue weighted by Crippen LogP contribution is 2.36. The van der Waals surface area contributed by atoms with Crippen LogP contribution in [-0.2, 0) is 0 Å². The van der Waals surface area contributed by atoms with Gasteiger partial charge >= 0.3 is 0 Å². The molecule has 0 aromatic carbocycles. The fourth-order valence-electron chi connectivity index (χ4n) is 2.54. The first-order valence-electron chi connectivity index (χ1n) is 4.82. The Kier molecular flexibility index (Phi) is 2.44. The molecule has 1 aliphatic heterocycles. The van der Waals surface area contributed by atoms with Gasteiger partial charge in [-0.05, 0) is 25.7 Å². The van der Waals surface area contributed by atoms with Crippen LogP contribution in [0, 0.1) is 11.8 Å². The Morgan fingerprint density at radius 3 is 3.17 bits per heavy atom. The molecule has 12 heavy (non-hydrogen) atoms. The molecule has 0 spiro atoms. The lowest BCUT2D eigenvalue weighted by Gasteiger charge is -2.32. The molecule has 68 valence electrons. The van der Waals surface area contributed by atoms with Gasteiger partial charge in [0, 0.05) is 23.0 Å². The minimum atomic E-state index is 0.751. The van der Waals surface area contributed by atoms with E-state index in [9.17, 15) is 0 Å². The van der Waals surface area contributed by atoms with Crippen molar-refractivity contribution in [3.05, 3.63) is 11.8 Å². The largest absolute Gasteiger partial charge is 0.385 e. The fourth-order valence-corrected chi connectivity index (χ4v) is 3.30. The number of alkyl halides is 1. The second-order valence-electron chi connectivity index (χ2n) is 4.02. The van der Waals surface area contributed by atoms with Crippen LogP contribution in [0.25, 0.3) is 0 Å². The molecule has 1 heterocycles. The van der Waals surface area contributed by atoms with Crippen LogP contribution < -0.4 is 5.32 Å². The van der Waals surface area contributed by atoms with E-state index in [4.69, 9.17) is 0 Å². The molecule has 2 aliphatic rings. The van der Waals surface area contributed by atoms with Crippen LogP contribution >= 0.6 is 15.9 Å². The van der Waals surface area contributed by atoms with Gasteiger partial charge in [0.25, 0.3) is 0 Å². The summed E-state index contributed by atoms with van der Waals surface area (Å²) < 4.78 is 0. The lowest BCUT2D eigenvalue weighted by atomic mass is 9.78. The van der Waals surface area contributed by atoms with E-state index in [0.717, 1.165) is 17.9 Å². The Morgan fingerprint density at radius 2 is 2.42 bits per heavy atom. The molecule has 0 amide bonds. The first-order valence-corrected chi connectivity index (χ1v) is 5.94. The lowest BCUT2D eigenvalue weighted by Crippen LogP contribution is -2.36. The lowest BCUT2D eigenvalue weighted by molar-refractivity contribution is 0.267. The summed E-state index contributed by atoms with van der Waals surface area (Å²) in [6.07, 6.45) is 6.58. The first-order chi connectivity index (χ1) is 5.81. The summed E-state index contributed by atoms with van der Waals surface area (Å²) >= 11 is 3.61. The average Bonchev–Trinajstić information content (AvgIpc) is 2.44. The van der Waals surface area contributed by atoms with E-state index in [1.807, 2.05) is 0 Å². The second kappa shape index (κ2) is 3.41. The average molecular weight is 230 g/mol. The van der Waals surface area contributed by atoms with Crippen LogP contribution in [0.5, 0.6) is 0 Å². The van der Waals surface area contributed by atoms with Crippen LogP contribution in [0.3, 0.4) is 0 Å². The quantitative estimate of drug-likeness (QED) is 0.683. The standard InChI is InChI=1S/C10H16BrN/c1-7-5-9-8(6-11)3-2-4-10(9)12-7/h5,8-10,12H,2-4,6H2,1H3/t8?,9?,10-/m0/s1. The number of nitrogens with one attached hydrogen (secondary N) is 1. The zero-order valence-corrected chi connectivity index (χ0v) is 9.10. The number of halogens is 1. The molecule has 2 rings (SSSR count). The summed E-state index contributed by atoms with van der Waals surface area (Å²) in [5.41, 5.74) is 1.39. The first kappa shape index (κ1) is 8.61. The van der Waals surface area contributed by atoms with Gasteiger partial charge < -0.3 is 5.32 Å². The molecule has 1 fully saturated rings. The van der Waals surface area contributed by atoms with Crippen LogP contribution in [-0.4, -0.2) is 11.4 Å². The SMILES string of the molecule is CC1=CC2C(CBr)CCC[C@@H]2N1. The van der Waals surface area contributed by atoms with Gasteiger partial charge in [-0.1, -0.05) is 28.4 Å². The summed E-state index contributed by atoms with van der Waals surface area (Å²) in [4.78, 5) is 0. The Balaban J connectivity index is 2.10. The normalized spacial score (nSPS) is 40.2. The Hall–Kier alpha value is 0.0200. The summed E-state index contributed by atoms with van der Waals surface area (Å²) in [6.45, 7) is 2.18. The molecule has 1 saturated carbocycles. The minimum Gasteiger partial charge on any atom is -0.385 e. The van der Waals surface area contributed by atoms with Gasteiger partial charge in [0.2, 0.25) is 0 Å². The highest BCUT2D eigenvalue weighted by atomic mass is 79.9. The Morgan fingerprint density at radius 1 is 1.58 bits per heavy atom. The molecule has 2 unspecified atom stereocenters. The number of allylic oxidation sites excluding steroid dienone is 1. The maximum absolute atomic E-state index is 3.61. The van der Waals surface area contributed by atoms with Crippen molar-refractivity contribution in [1.29, 1.82) is 0 Å². The molecule has 1 aliphatic carbocycles. The van der Waals surface area contributed by atoms with E-state index >= 15 is 0 Å². The minimum absolute atomic E-state index is 0.751. The topological polar surface area (TPSA) is 12.0 Å². The van der Waals surface area contributed by atoms with Crippen molar-refractivity contribution in [2.45, 2.75) is 32.2 Å². The molecular formula is C10H16BrN. The highest BCUT2D eigenvalue weighted by molar-refractivity contribution is 9.09. The zero-order chi connectivity index (χ0) is 8.55. The van der Waals surface area contributed by atoms with E-state index in [1.54, 1.807) is 0 Å². The van der Waals surface area contributed by atoms with Gasteiger partial charge in [0.05, 0.1) is 0 Å². The van der Waals surface area contributed by atoms with E-state index in [0.29, 0.717) is 0 Å². The van der Waals surface area contributed by atoms with Gasteiger partial charge in [-0.3, -0.25) is 0 Å². The predicted octanol–water partition coefficient (Wildman–Crippen LogP) is 2.67. The summed E-state index contributed by atoms with van der Waals surface area (Å²) in [7, 11) is 0. The van der Waals surface area contributed by atoms with E-state index in [1.165, 1.54) is 30.3 Å². The molecule has 0 saturated heterocycles. The monoisotopic (exact) mass is 229 g/mol. The van der Waals surface area contributed by atoms with Crippen LogP contribution in [0.15, 0.2) is 11.8 Å². The third-order valence-corrected chi connectivity index (χ3v) is 3.98.